The van der Waals surface area contributed by atoms with Crippen LogP contribution in [0.15, 0.2) is 30.9 Å². The van der Waals surface area contributed by atoms with Crippen molar-refractivity contribution in [3.8, 4) is 11.3 Å². The van der Waals surface area contributed by atoms with Gasteiger partial charge in [0.05, 0.1) is 11.4 Å². The van der Waals surface area contributed by atoms with Gasteiger partial charge in [-0.3, -0.25) is 0 Å². The van der Waals surface area contributed by atoms with Crippen molar-refractivity contribution in [2.45, 2.75) is 58.0 Å². The summed E-state index contributed by atoms with van der Waals surface area (Å²) in [5, 5.41) is 7.19. The second-order valence-corrected chi connectivity index (χ2v) is 6.30. The summed E-state index contributed by atoms with van der Waals surface area (Å²) in [7, 11) is 0. The molecule has 0 amide bonds. The van der Waals surface area contributed by atoms with Crippen molar-refractivity contribution in [3.63, 3.8) is 0 Å². The van der Waals surface area contributed by atoms with Crippen LogP contribution in [-0.4, -0.2) is 27.0 Å². The molecular weight excluding hydrogens is 286 g/mol. The maximum absolute atomic E-state index is 4.84. The predicted molar refractivity (Wildman–Crippen MR) is 94.5 cm³/mol. The molecule has 2 aromatic rings. The summed E-state index contributed by atoms with van der Waals surface area (Å²) in [4.78, 5) is 13.0. The van der Waals surface area contributed by atoms with E-state index in [0.29, 0.717) is 12.1 Å². The van der Waals surface area contributed by atoms with Crippen molar-refractivity contribution in [1.82, 2.24) is 15.0 Å². The number of pyridine rings is 1. The maximum Gasteiger partial charge on any atom is 0.150 e. The Morgan fingerprint density at radius 2 is 1.91 bits per heavy atom. The third-order valence-corrected chi connectivity index (χ3v) is 4.46. The molecule has 0 aromatic carbocycles. The van der Waals surface area contributed by atoms with Crippen LogP contribution in [0.2, 0.25) is 0 Å². The molecular formula is C18H25N5. The molecule has 0 bridgehead atoms. The number of nitrogens with one attached hydrogen (secondary N) is 2. The molecule has 1 saturated carbocycles. The van der Waals surface area contributed by atoms with E-state index < -0.39 is 0 Å². The monoisotopic (exact) mass is 311 g/mol. The van der Waals surface area contributed by atoms with Crippen LogP contribution in [0.25, 0.3) is 11.3 Å². The fourth-order valence-electron chi connectivity index (χ4n) is 2.91. The van der Waals surface area contributed by atoms with E-state index in [-0.39, 0.29) is 0 Å². The van der Waals surface area contributed by atoms with E-state index in [2.05, 4.69) is 40.5 Å². The largest absolute Gasteiger partial charge is 0.380 e. The standard InChI is InChI=1S/C18H25N5/c1-3-13(2)21-17-9-8-16(14-10-19-12-20-11-14)23-18(17)22-15-6-4-5-7-15/h8-13,15,21H,3-7H2,1-2H3,(H,22,23). The lowest BCUT2D eigenvalue weighted by Gasteiger charge is -2.20. The summed E-state index contributed by atoms with van der Waals surface area (Å²) >= 11 is 0. The third-order valence-electron chi connectivity index (χ3n) is 4.46. The van der Waals surface area contributed by atoms with Gasteiger partial charge in [0.2, 0.25) is 0 Å². The highest BCUT2D eigenvalue weighted by Gasteiger charge is 2.18. The minimum absolute atomic E-state index is 0.423. The highest BCUT2D eigenvalue weighted by Crippen LogP contribution is 2.29. The Hall–Kier alpha value is -2.17. The molecule has 23 heavy (non-hydrogen) atoms. The van der Waals surface area contributed by atoms with Crippen LogP contribution in [0.3, 0.4) is 0 Å². The second-order valence-electron chi connectivity index (χ2n) is 6.30. The molecule has 5 nitrogen and oxygen atoms in total. The number of aromatic nitrogens is 3. The second kappa shape index (κ2) is 7.40. The predicted octanol–water partition coefficient (Wildman–Crippen LogP) is 4.10. The highest BCUT2D eigenvalue weighted by molar-refractivity contribution is 5.70. The normalized spacial score (nSPS) is 16.3. The van der Waals surface area contributed by atoms with Gasteiger partial charge < -0.3 is 10.6 Å². The Kier molecular flexibility index (Phi) is 5.05. The molecule has 122 valence electrons. The van der Waals surface area contributed by atoms with Gasteiger partial charge in [-0.2, -0.15) is 0 Å². The van der Waals surface area contributed by atoms with Gasteiger partial charge in [0.15, 0.2) is 0 Å². The molecule has 2 N–H and O–H groups in total. The molecule has 0 radical (unpaired) electrons. The zero-order chi connectivity index (χ0) is 16.1. The van der Waals surface area contributed by atoms with E-state index in [1.165, 1.54) is 25.7 Å². The summed E-state index contributed by atoms with van der Waals surface area (Å²) in [6, 6.07) is 5.09. The lowest BCUT2D eigenvalue weighted by Crippen LogP contribution is -2.20. The average Bonchev–Trinajstić information content (AvgIpc) is 3.10. The van der Waals surface area contributed by atoms with Crippen molar-refractivity contribution >= 4 is 11.5 Å². The Morgan fingerprint density at radius 1 is 1.17 bits per heavy atom. The van der Waals surface area contributed by atoms with Crippen LogP contribution < -0.4 is 10.6 Å². The van der Waals surface area contributed by atoms with Crippen molar-refractivity contribution in [2.24, 2.45) is 0 Å². The smallest absolute Gasteiger partial charge is 0.150 e. The lowest BCUT2D eigenvalue weighted by molar-refractivity contribution is 0.744. The SMILES string of the molecule is CCC(C)Nc1ccc(-c2cncnc2)nc1NC1CCCC1. The van der Waals surface area contributed by atoms with Crippen LogP contribution in [-0.2, 0) is 0 Å². The van der Waals surface area contributed by atoms with Gasteiger partial charge in [-0.05, 0) is 38.3 Å². The maximum atomic E-state index is 4.84. The number of rotatable bonds is 6. The van der Waals surface area contributed by atoms with E-state index in [9.17, 15) is 0 Å². The number of anilines is 2. The fraction of sp³-hybridized carbons (Fsp3) is 0.500. The highest BCUT2D eigenvalue weighted by atomic mass is 15.1. The van der Waals surface area contributed by atoms with Crippen LogP contribution >= 0.6 is 0 Å². The van der Waals surface area contributed by atoms with E-state index in [4.69, 9.17) is 4.98 Å². The van der Waals surface area contributed by atoms with Gasteiger partial charge in [-0.15, -0.1) is 0 Å². The van der Waals surface area contributed by atoms with Gasteiger partial charge in [0.25, 0.3) is 0 Å². The quantitative estimate of drug-likeness (QED) is 0.841. The van der Waals surface area contributed by atoms with Crippen LogP contribution in [0.1, 0.15) is 46.0 Å². The molecule has 1 aliphatic rings. The number of hydrogen-bond donors (Lipinski definition) is 2. The first-order valence-electron chi connectivity index (χ1n) is 8.55. The third kappa shape index (κ3) is 3.97. The lowest BCUT2D eigenvalue weighted by atomic mass is 10.2. The summed E-state index contributed by atoms with van der Waals surface area (Å²) < 4.78 is 0. The van der Waals surface area contributed by atoms with Crippen LogP contribution in [0.5, 0.6) is 0 Å². The van der Waals surface area contributed by atoms with Gasteiger partial charge in [0.1, 0.15) is 12.1 Å². The van der Waals surface area contributed by atoms with E-state index in [1.54, 1.807) is 18.7 Å². The fourth-order valence-corrected chi connectivity index (χ4v) is 2.91. The minimum atomic E-state index is 0.423. The molecule has 1 atom stereocenters. The summed E-state index contributed by atoms with van der Waals surface area (Å²) in [6.07, 6.45) is 11.3. The number of hydrogen-bond acceptors (Lipinski definition) is 5. The molecule has 2 heterocycles. The van der Waals surface area contributed by atoms with E-state index in [1.807, 2.05) is 6.07 Å². The van der Waals surface area contributed by atoms with Crippen molar-refractivity contribution in [3.05, 3.63) is 30.9 Å². The first-order valence-corrected chi connectivity index (χ1v) is 8.55. The summed E-state index contributed by atoms with van der Waals surface area (Å²) in [5.41, 5.74) is 2.92. The number of nitrogens with zero attached hydrogens (tertiary/aromatic N) is 3. The van der Waals surface area contributed by atoms with Crippen LogP contribution in [0, 0.1) is 0 Å². The zero-order valence-electron chi connectivity index (χ0n) is 13.9. The Labute approximate surface area is 138 Å². The Balaban J connectivity index is 1.89. The first kappa shape index (κ1) is 15.7. The van der Waals surface area contributed by atoms with E-state index >= 15 is 0 Å². The van der Waals surface area contributed by atoms with Gasteiger partial charge in [0, 0.05) is 30.0 Å². The first-order chi connectivity index (χ1) is 11.3. The van der Waals surface area contributed by atoms with Crippen molar-refractivity contribution < 1.29 is 0 Å². The topological polar surface area (TPSA) is 62.7 Å². The van der Waals surface area contributed by atoms with Gasteiger partial charge >= 0.3 is 0 Å². The molecule has 0 spiro atoms. The van der Waals surface area contributed by atoms with Crippen molar-refractivity contribution in [2.75, 3.05) is 10.6 Å². The van der Waals surface area contributed by atoms with Gasteiger partial charge in [-0.25, -0.2) is 15.0 Å². The summed E-state index contributed by atoms with van der Waals surface area (Å²) in [6.45, 7) is 4.38. The molecule has 2 aromatic heterocycles. The molecule has 0 saturated heterocycles. The molecule has 1 unspecified atom stereocenters. The molecule has 0 aliphatic heterocycles. The van der Waals surface area contributed by atoms with E-state index in [0.717, 1.165) is 29.2 Å². The molecule has 1 aliphatic carbocycles. The summed E-state index contributed by atoms with van der Waals surface area (Å²) in [5.74, 6) is 0.943. The minimum Gasteiger partial charge on any atom is -0.380 e. The van der Waals surface area contributed by atoms with Crippen molar-refractivity contribution in [1.29, 1.82) is 0 Å². The Morgan fingerprint density at radius 3 is 2.61 bits per heavy atom. The average molecular weight is 311 g/mol. The van der Waals surface area contributed by atoms with Crippen LogP contribution in [0.4, 0.5) is 11.5 Å². The Bertz CT molecular complexity index is 623. The molecule has 1 fully saturated rings. The van der Waals surface area contributed by atoms with Gasteiger partial charge in [-0.1, -0.05) is 19.8 Å². The zero-order valence-corrected chi connectivity index (χ0v) is 13.9. The molecule has 5 heteroatoms. The molecule has 3 rings (SSSR count).